The van der Waals surface area contributed by atoms with Gasteiger partial charge in [-0.05, 0) is 6.08 Å². The SMILES string of the molecule is Cl.O=C(O)/C=C/c1cnc[nH]1. The Bertz CT molecular complexity index is 243. The minimum atomic E-state index is -0.963. The van der Waals surface area contributed by atoms with E-state index in [0.29, 0.717) is 5.69 Å². The van der Waals surface area contributed by atoms with E-state index in [-0.39, 0.29) is 12.4 Å². The van der Waals surface area contributed by atoms with Gasteiger partial charge in [0, 0.05) is 6.08 Å². The summed E-state index contributed by atoms with van der Waals surface area (Å²) < 4.78 is 0. The van der Waals surface area contributed by atoms with Crippen LogP contribution in [-0.4, -0.2) is 21.0 Å². The normalized spacial score (nSPS) is 9.45. The number of hydrogen-bond acceptors (Lipinski definition) is 2. The van der Waals surface area contributed by atoms with E-state index in [4.69, 9.17) is 5.11 Å². The molecule has 0 aliphatic heterocycles. The monoisotopic (exact) mass is 174 g/mol. The van der Waals surface area contributed by atoms with E-state index in [0.717, 1.165) is 6.08 Å². The summed E-state index contributed by atoms with van der Waals surface area (Å²) in [5.41, 5.74) is 0.683. The van der Waals surface area contributed by atoms with Crippen LogP contribution in [0.2, 0.25) is 0 Å². The molecule has 0 saturated carbocycles. The molecule has 1 aromatic rings. The van der Waals surface area contributed by atoms with E-state index in [1.165, 1.54) is 12.4 Å². The van der Waals surface area contributed by atoms with Crippen LogP contribution in [0.5, 0.6) is 0 Å². The summed E-state index contributed by atoms with van der Waals surface area (Å²) >= 11 is 0. The van der Waals surface area contributed by atoms with Gasteiger partial charge in [0.2, 0.25) is 0 Å². The summed E-state index contributed by atoms with van der Waals surface area (Å²) in [5, 5.41) is 8.19. The number of imidazole rings is 1. The highest BCUT2D eigenvalue weighted by Gasteiger charge is 1.87. The van der Waals surface area contributed by atoms with E-state index in [9.17, 15) is 4.79 Å². The van der Waals surface area contributed by atoms with Crippen molar-refractivity contribution in [2.75, 3.05) is 0 Å². The molecular weight excluding hydrogens is 168 g/mol. The number of carboxylic acid groups (broad SMARTS) is 1. The molecule has 11 heavy (non-hydrogen) atoms. The summed E-state index contributed by atoms with van der Waals surface area (Å²) in [5.74, 6) is -0.963. The van der Waals surface area contributed by atoms with Gasteiger partial charge in [-0.1, -0.05) is 0 Å². The van der Waals surface area contributed by atoms with Gasteiger partial charge >= 0.3 is 5.97 Å². The maximum absolute atomic E-state index is 9.97. The largest absolute Gasteiger partial charge is 0.478 e. The summed E-state index contributed by atoms with van der Waals surface area (Å²) in [7, 11) is 0. The zero-order valence-corrected chi connectivity index (χ0v) is 6.34. The molecule has 0 spiro atoms. The van der Waals surface area contributed by atoms with E-state index in [2.05, 4.69) is 9.97 Å². The van der Waals surface area contributed by atoms with Crippen molar-refractivity contribution in [3.8, 4) is 0 Å². The average molecular weight is 175 g/mol. The van der Waals surface area contributed by atoms with Crippen LogP contribution in [0.25, 0.3) is 6.08 Å². The second kappa shape index (κ2) is 4.51. The second-order valence-corrected chi connectivity index (χ2v) is 1.68. The lowest BCUT2D eigenvalue weighted by Gasteiger charge is -1.79. The van der Waals surface area contributed by atoms with Crippen LogP contribution < -0.4 is 0 Å². The fourth-order valence-corrected chi connectivity index (χ4v) is 0.519. The van der Waals surface area contributed by atoms with Gasteiger partial charge < -0.3 is 10.1 Å². The van der Waals surface area contributed by atoms with Gasteiger partial charge in [0.25, 0.3) is 0 Å². The Morgan fingerprint density at radius 1 is 1.73 bits per heavy atom. The van der Waals surface area contributed by atoms with Gasteiger partial charge in [-0.15, -0.1) is 12.4 Å². The lowest BCUT2D eigenvalue weighted by molar-refractivity contribution is -0.131. The molecule has 0 saturated heterocycles. The zero-order valence-electron chi connectivity index (χ0n) is 5.52. The number of nitrogens with one attached hydrogen (secondary N) is 1. The summed E-state index contributed by atoms with van der Waals surface area (Å²) in [6, 6.07) is 0. The Morgan fingerprint density at radius 3 is 2.91 bits per heavy atom. The second-order valence-electron chi connectivity index (χ2n) is 1.68. The van der Waals surface area contributed by atoms with Crippen molar-refractivity contribution in [2.24, 2.45) is 0 Å². The quantitative estimate of drug-likeness (QED) is 0.656. The fraction of sp³-hybridized carbons (Fsp3) is 0. The molecule has 1 heterocycles. The summed E-state index contributed by atoms with van der Waals surface area (Å²) in [4.78, 5) is 16.4. The molecule has 0 unspecified atom stereocenters. The summed E-state index contributed by atoms with van der Waals surface area (Å²) in [6.07, 6.45) is 5.52. The predicted octanol–water partition coefficient (Wildman–Crippen LogP) is 0.929. The molecule has 0 aromatic carbocycles. The van der Waals surface area contributed by atoms with Crippen LogP contribution >= 0.6 is 12.4 Å². The van der Waals surface area contributed by atoms with Crippen molar-refractivity contribution in [1.29, 1.82) is 0 Å². The number of rotatable bonds is 2. The highest BCUT2D eigenvalue weighted by molar-refractivity contribution is 5.85. The lowest BCUT2D eigenvalue weighted by atomic mass is 10.4. The van der Waals surface area contributed by atoms with Crippen LogP contribution in [0.3, 0.4) is 0 Å². The first-order valence-corrected chi connectivity index (χ1v) is 2.68. The Balaban J connectivity index is 0.000001000. The molecule has 2 N–H and O–H groups in total. The molecule has 5 heteroatoms. The fourth-order valence-electron chi connectivity index (χ4n) is 0.519. The molecule has 0 amide bonds. The minimum absolute atomic E-state index is 0. The molecule has 4 nitrogen and oxygen atoms in total. The molecule has 0 bridgehead atoms. The molecule has 0 aliphatic rings. The number of carboxylic acids is 1. The van der Waals surface area contributed by atoms with Crippen molar-refractivity contribution in [3.05, 3.63) is 24.3 Å². The Kier molecular flexibility index (Phi) is 3.98. The molecule has 1 aromatic heterocycles. The zero-order chi connectivity index (χ0) is 7.40. The van der Waals surface area contributed by atoms with E-state index < -0.39 is 5.97 Å². The number of aliphatic carboxylic acids is 1. The van der Waals surface area contributed by atoms with Crippen molar-refractivity contribution in [3.63, 3.8) is 0 Å². The maximum Gasteiger partial charge on any atom is 0.328 e. The lowest BCUT2D eigenvalue weighted by Crippen LogP contribution is -1.85. The van der Waals surface area contributed by atoms with E-state index in [1.54, 1.807) is 6.20 Å². The number of aromatic nitrogens is 2. The number of hydrogen-bond donors (Lipinski definition) is 2. The molecule has 0 aliphatic carbocycles. The van der Waals surface area contributed by atoms with E-state index in [1.807, 2.05) is 0 Å². The van der Waals surface area contributed by atoms with Gasteiger partial charge in [0.15, 0.2) is 0 Å². The Labute approximate surface area is 69.4 Å². The highest BCUT2D eigenvalue weighted by atomic mass is 35.5. The smallest absolute Gasteiger partial charge is 0.328 e. The highest BCUT2D eigenvalue weighted by Crippen LogP contribution is 1.92. The number of carbonyl (C=O) groups is 1. The van der Waals surface area contributed by atoms with Gasteiger partial charge in [0.05, 0.1) is 18.2 Å². The van der Waals surface area contributed by atoms with Gasteiger partial charge in [-0.2, -0.15) is 0 Å². The number of nitrogens with zero attached hydrogens (tertiary/aromatic N) is 1. The maximum atomic E-state index is 9.97. The third kappa shape index (κ3) is 3.42. The van der Waals surface area contributed by atoms with Crippen molar-refractivity contribution >= 4 is 24.5 Å². The van der Waals surface area contributed by atoms with Crippen LogP contribution in [0.1, 0.15) is 5.69 Å². The number of aromatic amines is 1. The first kappa shape index (κ1) is 9.71. The molecular formula is C6H7ClN2O2. The van der Waals surface area contributed by atoms with Crippen LogP contribution in [-0.2, 0) is 4.79 Å². The third-order valence-electron chi connectivity index (χ3n) is 0.925. The standard InChI is InChI=1S/C6H6N2O2.ClH/c9-6(10)2-1-5-3-7-4-8-5;/h1-4H,(H,7,8)(H,9,10);1H/b2-1+;. The minimum Gasteiger partial charge on any atom is -0.478 e. The molecule has 0 radical (unpaired) electrons. The van der Waals surface area contributed by atoms with E-state index >= 15 is 0 Å². The molecule has 1 rings (SSSR count). The molecule has 60 valence electrons. The van der Waals surface area contributed by atoms with Gasteiger partial charge in [-0.3, -0.25) is 0 Å². The van der Waals surface area contributed by atoms with Gasteiger partial charge in [0.1, 0.15) is 0 Å². The molecule has 0 fully saturated rings. The van der Waals surface area contributed by atoms with Gasteiger partial charge in [-0.25, -0.2) is 9.78 Å². The number of H-pyrrole nitrogens is 1. The first-order valence-electron chi connectivity index (χ1n) is 2.68. The number of halogens is 1. The topological polar surface area (TPSA) is 66.0 Å². The Hall–Kier alpha value is -1.29. The average Bonchev–Trinajstić information content (AvgIpc) is 2.34. The third-order valence-corrected chi connectivity index (χ3v) is 0.925. The summed E-state index contributed by atoms with van der Waals surface area (Å²) in [6.45, 7) is 0. The molecule has 0 atom stereocenters. The first-order chi connectivity index (χ1) is 4.79. The predicted molar refractivity (Wildman–Crippen MR) is 42.5 cm³/mol. The van der Waals surface area contributed by atoms with Crippen LogP contribution in [0.15, 0.2) is 18.6 Å². The van der Waals surface area contributed by atoms with Crippen LogP contribution in [0.4, 0.5) is 0 Å². The Morgan fingerprint density at radius 2 is 2.45 bits per heavy atom. The van der Waals surface area contributed by atoms with Crippen molar-refractivity contribution in [2.45, 2.75) is 0 Å². The van der Waals surface area contributed by atoms with Crippen molar-refractivity contribution in [1.82, 2.24) is 9.97 Å². The van der Waals surface area contributed by atoms with Crippen molar-refractivity contribution < 1.29 is 9.90 Å². The van der Waals surface area contributed by atoms with Crippen LogP contribution in [0, 0.1) is 0 Å².